The maximum Gasteiger partial charge on any atom is 0.500 e. The van der Waals surface area contributed by atoms with Crippen LogP contribution in [0.1, 0.15) is 33.1 Å². The van der Waals surface area contributed by atoms with Crippen molar-refractivity contribution in [3.8, 4) is 0 Å². The predicted octanol–water partition coefficient (Wildman–Crippen LogP) is 2.54. The summed E-state index contributed by atoms with van der Waals surface area (Å²) in [7, 11) is 0.785. The maximum atomic E-state index is 11.1. The summed E-state index contributed by atoms with van der Waals surface area (Å²) < 4.78 is 21.6. The lowest BCUT2D eigenvalue weighted by Gasteiger charge is -2.25. The Hall–Kier alpha value is -0.693. The molecule has 0 unspecified atom stereocenters. The molecule has 0 aliphatic rings. The molecule has 0 bridgehead atoms. The Bertz CT molecular complexity index is 276. The lowest BCUT2D eigenvalue weighted by atomic mass is 10.3. The molecule has 0 saturated heterocycles. The van der Waals surface area contributed by atoms with Gasteiger partial charge in [-0.15, -0.1) is 0 Å². The van der Waals surface area contributed by atoms with Crippen molar-refractivity contribution in [2.75, 3.05) is 27.4 Å². The molecule has 112 valence electrons. The largest absolute Gasteiger partial charge is 0.500 e. The summed E-state index contributed by atoms with van der Waals surface area (Å²) in [6.07, 6.45) is 2.52. The van der Waals surface area contributed by atoms with Crippen LogP contribution < -0.4 is 0 Å². The summed E-state index contributed by atoms with van der Waals surface area (Å²) >= 11 is 0. The summed E-state index contributed by atoms with van der Waals surface area (Å²) in [4.78, 5) is 11.1. The van der Waals surface area contributed by atoms with Gasteiger partial charge in [0.25, 0.3) is 0 Å². The van der Waals surface area contributed by atoms with Crippen LogP contribution in [0.2, 0.25) is 6.04 Å². The van der Waals surface area contributed by atoms with Crippen LogP contribution in [0.15, 0.2) is 12.2 Å². The van der Waals surface area contributed by atoms with Crippen LogP contribution in [0.4, 0.5) is 0 Å². The van der Waals surface area contributed by atoms with Gasteiger partial charge in [0.1, 0.15) is 0 Å². The second kappa shape index (κ2) is 10.1. The van der Waals surface area contributed by atoms with Gasteiger partial charge in [-0.25, -0.2) is 4.79 Å². The number of ether oxygens (including phenoxy) is 1. The minimum absolute atomic E-state index is 0.343. The molecule has 0 radical (unpaired) electrons. The topological polar surface area (TPSA) is 54.0 Å². The molecule has 6 heteroatoms. The Kier molecular flexibility index (Phi) is 9.77. The standard InChI is InChI=1S/C13H26O5Si/c1-6-11-19(15-4,16-5)18-10-8-7-9-17-13(14)12(2)3/h2,6-11H2,1,3-5H3. The number of hydrogen-bond acceptors (Lipinski definition) is 5. The molecule has 5 nitrogen and oxygen atoms in total. The van der Waals surface area contributed by atoms with Crippen molar-refractivity contribution in [1.82, 2.24) is 0 Å². The zero-order valence-corrected chi connectivity index (χ0v) is 13.5. The molecule has 0 heterocycles. The van der Waals surface area contributed by atoms with Gasteiger partial charge in [-0.2, -0.15) is 0 Å². The minimum Gasteiger partial charge on any atom is -0.462 e. The van der Waals surface area contributed by atoms with E-state index in [1.807, 2.05) is 0 Å². The predicted molar refractivity (Wildman–Crippen MR) is 75.8 cm³/mol. The fraction of sp³-hybridized carbons (Fsp3) is 0.769. The van der Waals surface area contributed by atoms with E-state index >= 15 is 0 Å². The number of carbonyl (C=O) groups is 1. The van der Waals surface area contributed by atoms with Crippen molar-refractivity contribution in [2.45, 2.75) is 39.2 Å². The van der Waals surface area contributed by atoms with Gasteiger partial charge in [-0.1, -0.05) is 19.9 Å². The first-order valence-electron chi connectivity index (χ1n) is 6.58. The highest BCUT2D eigenvalue weighted by Crippen LogP contribution is 2.16. The Morgan fingerprint density at radius 1 is 1.16 bits per heavy atom. The third-order valence-electron chi connectivity index (χ3n) is 2.62. The smallest absolute Gasteiger partial charge is 0.462 e. The van der Waals surface area contributed by atoms with E-state index in [4.69, 9.17) is 18.0 Å². The number of hydrogen-bond donors (Lipinski definition) is 0. The number of carbonyl (C=O) groups excluding carboxylic acids is 1. The molecule has 0 aliphatic carbocycles. The average Bonchev–Trinajstić information content (AvgIpc) is 2.41. The van der Waals surface area contributed by atoms with Gasteiger partial charge in [0.15, 0.2) is 0 Å². The first-order valence-corrected chi connectivity index (χ1v) is 8.51. The summed E-state index contributed by atoms with van der Waals surface area (Å²) in [5.41, 5.74) is 0.421. The summed E-state index contributed by atoms with van der Waals surface area (Å²) in [5.74, 6) is -0.343. The highest BCUT2D eigenvalue weighted by atomic mass is 28.4. The van der Waals surface area contributed by atoms with Crippen LogP contribution >= 0.6 is 0 Å². The Morgan fingerprint density at radius 2 is 1.74 bits per heavy atom. The van der Waals surface area contributed by atoms with Crippen molar-refractivity contribution < 1.29 is 22.8 Å². The molecule has 0 atom stereocenters. The first kappa shape index (κ1) is 18.3. The van der Waals surface area contributed by atoms with Crippen LogP contribution in [0.5, 0.6) is 0 Å². The van der Waals surface area contributed by atoms with Crippen LogP contribution in [-0.2, 0) is 22.8 Å². The first-order chi connectivity index (χ1) is 9.01. The van der Waals surface area contributed by atoms with Crippen molar-refractivity contribution in [1.29, 1.82) is 0 Å². The van der Waals surface area contributed by atoms with Crippen LogP contribution in [0.25, 0.3) is 0 Å². The van der Waals surface area contributed by atoms with Crippen molar-refractivity contribution >= 4 is 14.8 Å². The SMILES string of the molecule is C=C(C)C(=O)OCCCCO[Si](CCC)(OC)OC. The van der Waals surface area contributed by atoms with Crippen LogP contribution in [0, 0.1) is 0 Å². The van der Waals surface area contributed by atoms with Gasteiger partial charge in [-0.05, 0) is 19.8 Å². The molecule has 0 aromatic heterocycles. The Balaban J connectivity index is 3.77. The van der Waals surface area contributed by atoms with E-state index < -0.39 is 8.80 Å². The third kappa shape index (κ3) is 7.46. The summed E-state index contributed by atoms with van der Waals surface area (Å²) in [6, 6.07) is 0.810. The summed E-state index contributed by atoms with van der Waals surface area (Å²) in [6.45, 7) is 8.16. The fourth-order valence-corrected chi connectivity index (χ4v) is 3.53. The normalized spacial score (nSPS) is 11.4. The molecule has 0 aromatic carbocycles. The van der Waals surface area contributed by atoms with Gasteiger partial charge < -0.3 is 18.0 Å². The van der Waals surface area contributed by atoms with Gasteiger partial charge >= 0.3 is 14.8 Å². The molecule has 0 spiro atoms. The molecule has 19 heavy (non-hydrogen) atoms. The molecule has 0 amide bonds. The fourth-order valence-electron chi connectivity index (χ4n) is 1.50. The Labute approximate surface area is 117 Å². The monoisotopic (exact) mass is 290 g/mol. The van der Waals surface area contributed by atoms with E-state index in [9.17, 15) is 4.79 Å². The van der Waals surface area contributed by atoms with Crippen molar-refractivity contribution in [2.24, 2.45) is 0 Å². The van der Waals surface area contributed by atoms with Crippen molar-refractivity contribution in [3.63, 3.8) is 0 Å². The third-order valence-corrected chi connectivity index (χ3v) is 5.62. The quantitative estimate of drug-likeness (QED) is 0.253. The zero-order valence-electron chi connectivity index (χ0n) is 12.5. The molecule has 0 aliphatic heterocycles. The van der Waals surface area contributed by atoms with Gasteiger partial charge in [-0.3, -0.25) is 0 Å². The van der Waals surface area contributed by atoms with E-state index in [1.165, 1.54) is 0 Å². The van der Waals surface area contributed by atoms with Crippen LogP contribution in [0.3, 0.4) is 0 Å². The number of rotatable bonds is 11. The average molecular weight is 290 g/mol. The van der Waals surface area contributed by atoms with Gasteiger partial charge in [0.05, 0.1) is 6.61 Å². The minimum atomic E-state index is -2.47. The highest BCUT2D eigenvalue weighted by molar-refractivity contribution is 6.60. The van der Waals surface area contributed by atoms with E-state index in [1.54, 1.807) is 21.1 Å². The maximum absolute atomic E-state index is 11.1. The molecule has 0 fully saturated rings. The second-order valence-electron chi connectivity index (χ2n) is 4.31. The summed E-state index contributed by atoms with van der Waals surface area (Å²) in [5, 5.41) is 0. The second-order valence-corrected chi connectivity index (χ2v) is 7.28. The molecule has 0 saturated carbocycles. The van der Waals surface area contributed by atoms with Gasteiger partial charge in [0, 0.05) is 32.4 Å². The molecular formula is C13H26O5Si. The Morgan fingerprint density at radius 3 is 2.21 bits per heavy atom. The van der Waals surface area contributed by atoms with E-state index in [-0.39, 0.29) is 5.97 Å². The highest BCUT2D eigenvalue weighted by Gasteiger charge is 2.37. The molecule has 0 rings (SSSR count). The van der Waals surface area contributed by atoms with E-state index in [2.05, 4.69) is 13.5 Å². The molecule has 0 aromatic rings. The van der Waals surface area contributed by atoms with Crippen molar-refractivity contribution in [3.05, 3.63) is 12.2 Å². The lowest BCUT2D eigenvalue weighted by Crippen LogP contribution is -2.43. The number of esters is 1. The lowest BCUT2D eigenvalue weighted by molar-refractivity contribution is -0.139. The number of unbranched alkanes of at least 4 members (excludes halogenated alkanes) is 1. The van der Waals surface area contributed by atoms with E-state index in [0.717, 1.165) is 25.3 Å². The van der Waals surface area contributed by atoms with E-state index in [0.29, 0.717) is 18.8 Å². The zero-order chi connectivity index (χ0) is 14.7. The molecular weight excluding hydrogens is 264 g/mol. The molecule has 0 N–H and O–H groups in total. The van der Waals surface area contributed by atoms with Gasteiger partial charge in [0.2, 0.25) is 0 Å². The van der Waals surface area contributed by atoms with Crippen LogP contribution in [-0.4, -0.2) is 42.2 Å².